The Morgan fingerprint density at radius 2 is 0.840 bits per heavy atom. The minimum absolute atomic E-state index is 0. The SMILES string of the molecule is CC(O)C(=O)[O-].CC[N+](CC)(CC)CC.CC[N+](CC)(CC)CC.[Cl-]. The van der Waals surface area contributed by atoms with E-state index in [1.165, 1.54) is 61.3 Å². The summed E-state index contributed by atoms with van der Waals surface area (Å²) in [6, 6.07) is 0. The van der Waals surface area contributed by atoms with Crippen molar-refractivity contribution in [2.45, 2.75) is 68.4 Å². The van der Waals surface area contributed by atoms with Gasteiger partial charge in [0.1, 0.15) is 0 Å². The molecule has 0 rings (SSSR count). The Bertz CT molecular complexity index is 237. The van der Waals surface area contributed by atoms with Gasteiger partial charge in [-0.25, -0.2) is 0 Å². The largest absolute Gasteiger partial charge is 1.00 e. The highest BCUT2D eigenvalue weighted by Crippen LogP contribution is 2.03. The van der Waals surface area contributed by atoms with Crippen LogP contribution in [0.3, 0.4) is 0 Å². The summed E-state index contributed by atoms with van der Waals surface area (Å²) in [7, 11) is 0. The van der Waals surface area contributed by atoms with Crippen molar-refractivity contribution in [2.75, 3.05) is 52.4 Å². The lowest BCUT2D eigenvalue weighted by Gasteiger charge is -2.34. The van der Waals surface area contributed by atoms with Crippen molar-refractivity contribution < 1.29 is 36.4 Å². The standard InChI is InChI=1S/2C8H20N.C3H6O3.ClH/c2*1-5-9(6-2,7-3)8-4;1-2(4)3(5)6;/h2*5-8H2,1-4H3;2,4H,1H3,(H,5,6);1H/q2*+1;;/p-2. The molecule has 0 aromatic heterocycles. The first-order chi connectivity index (χ1) is 11.1. The predicted octanol–water partition coefficient (Wildman–Crippen LogP) is -1.11. The third-order valence-corrected chi connectivity index (χ3v) is 5.71. The lowest BCUT2D eigenvalue weighted by Crippen LogP contribution is -3.00. The van der Waals surface area contributed by atoms with Gasteiger partial charge in [0.2, 0.25) is 0 Å². The molecule has 0 aliphatic heterocycles. The number of hydrogen-bond donors (Lipinski definition) is 1. The predicted molar refractivity (Wildman–Crippen MR) is 102 cm³/mol. The van der Waals surface area contributed by atoms with Gasteiger partial charge in [0.25, 0.3) is 0 Å². The molecule has 0 heterocycles. The Balaban J connectivity index is -0.000000133. The van der Waals surface area contributed by atoms with Gasteiger partial charge in [0.05, 0.1) is 64.4 Å². The van der Waals surface area contributed by atoms with Crippen LogP contribution in [0.15, 0.2) is 0 Å². The summed E-state index contributed by atoms with van der Waals surface area (Å²) in [5, 5.41) is 17.3. The molecule has 25 heavy (non-hydrogen) atoms. The van der Waals surface area contributed by atoms with Gasteiger partial charge in [-0.1, -0.05) is 0 Å². The maximum absolute atomic E-state index is 9.34. The lowest BCUT2D eigenvalue weighted by molar-refractivity contribution is -0.921. The minimum Gasteiger partial charge on any atom is -1.00 e. The van der Waals surface area contributed by atoms with Crippen LogP contribution in [0.25, 0.3) is 0 Å². The average molecular weight is 385 g/mol. The molecule has 6 heteroatoms. The summed E-state index contributed by atoms with van der Waals surface area (Å²) in [5.41, 5.74) is 0. The fraction of sp³-hybridized carbons (Fsp3) is 0.947. The average Bonchev–Trinajstić information content (AvgIpc) is 2.61. The zero-order valence-corrected chi connectivity index (χ0v) is 19.0. The number of carbonyl (C=O) groups excluding carboxylic acids is 1. The van der Waals surface area contributed by atoms with E-state index in [-0.39, 0.29) is 12.4 Å². The zero-order chi connectivity index (χ0) is 19.8. The molecule has 0 saturated carbocycles. The van der Waals surface area contributed by atoms with Crippen molar-refractivity contribution in [3.63, 3.8) is 0 Å². The normalized spacial score (nSPS) is 11.9. The molecule has 0 saturated heterocycles. The van der Waals surface area contributed by atoms with E-state index in [2.05, 4.69) is 55.4 Å². The highest BCUT2D eigenvalue weighted by molar-refractivity contribution is 5.68. The molecule has 5 nitrogen and oxygen atoms in total. The molecular weight excluding hydrogens is 340 g/mol. The second-order valence-electron chi connectivity index (χ2n) is 6.21. The molecule has 1 unspecified atom stereocenters. The van der Waals surface area contributed by atoms with Gasteiger partial charge in [-0.15, -0.1) is 0 Å². The number of rotatable bonds is 9. The Morgan fingerprint density at radius 3 is 0.840 bits per heavy atom. The van der Waals surface area contributed by atoms with Crippen molar-refractivity contribution in [3.8, 4) is 0 Å². The van der Waals surface area contributed by atoms with Gasteiger partial charge >= 0.3 is 0 Å². The molecule has 0 spiro atoms. The first-order valence-electron chi connectivity index (χ1n) is 9.72. The van der Waals surface area contributed by atoms with Gasteiger partial charge in [-0.05, 0) is 62.3 Å². The quantitative estimate of drug-likeness (QED) is 0.513. The Morgan fingerprint density at radius 1 is 0.720 bits per heavy atom. The van der Waals surface area contributed by atoms with Gasteiger partial charge < -0.3 is 36.4 Å². The fourth-order valence-corrected chi connectivity index (χ4v) is 2.68. The van der Waals surface area contributed by atoms with E-state index in [0.29, 0.717) is 0 Å². The van der Waals surface area contributed by atoms with Crippen LogP contribution >= 0.6 is 0 Å². The van der Waals surface area contributed by atoms with Crippen molar-refractivity contribution in [2.24, 2.45) is 0 Å². The Labute approximate surface area is 163 Å². The highest BCUT2D eigenvalue weighted by atomic mass is 35.5. The molecule has 0 amide bonds. The van der Waals surface area contributed by atoms with Gasteiger partial charge in [0.15, 0.2) is 0 Å². The fourth-order valence-electron chi connectivity index (χ4n) is 2.68. The summed E-state index contributed by atoms with van der Waals surface area (Å²) in [6.45, 7) is 29.6. The van der Waals surface area contributed by atoms with E-state index in [9.17, 15) is 9.90 Å². The van der Waals surface area contributed by atoms with Gasteiger partial charge in [0, 0.05) is 0 Å². The number of carboxylic acids is 1. The summed E-state index contributed by atoms with van der Waals surface area (Å²) in [4.78, 5) is 9.34. The molecule has 0 bridgehead atoms. The zero-order valence-electron chi connectivity index (χ0n) is 18.3. The maximum Gasteiger partial charge on any atom is 0.0905 e. The number of aliphatic hydroxyl groups is 1. The maximum atomic E-state index is 9.34. The van der Waals surface area contributed by atoms with E-state index < -0.39 is 12.1 Å². The third kappa shape index (κ3) is 14.5. The smallest absolute Gasteiger partial charge is 0.0905 e. The number of nitrogens with zero attached hydrogens (tertiary/aromatic N) is 2. The van der Waals surface area contributed by atoms with E-state index in [1.807, 2.05) is 0 Å². The van der Waals surface area contributed by atoms with Crippen LogP contribution in [0.5, 0.6) is 0 Å². The van der Waals surface area contributed by atoms with Gasteiger partial charge in [-0.2, -0.15) is 0 Å². The number of carboxylic acid groups (broad SMARTS) is 1. The number of aliphatic carboxylic acids is 1. The number of hydrogen-bond acceptors (Lipinski definition) is 3. The van der Waals surface area contributed by atoms with Crippen LogP contribution in [0.2, 0.25) is 0 Å². The minimum atomic E-state index is -1.44. The van der Waals surface area contributed by atoms with Crippen molar-refractivity contribution in [1.29, 1.82) is 0 Å². The number of aliphatic hydroxyl groups excluding tert-OH is 1. The van der Waals surface area contributed by atoms with Crippen molar-refractivity contribution in [3.05, 3.63) is 0 Å². The Hall–Kier alpha value is -0.360. The number of carbonyl (C=O) groups is 1. The van der Waals surface area contributed by atoms with Crippen LogP contribution in [-0.2, 0) is 4.79 Å². The monoisotopic (exact) mass is 384 g/mol. The molecule has 0 radical (unpaired) electrons. The first kappa shape index (κ1) is 32.3. The molecular formula is C19H45ClN2O3. The topological polar surface area (TPSA) is 60.4 Å². The molecule has 0 aliphatic carbocycles. The van der Waals surface area contributed by atoms with Crippen LogP contribution in [0.1, 0.15) is 62.3 Å². The second kappa shape index (κ2) is 18.4. The number of halogens is 1. The molecule has 156 valence electrons. The van der Waals surface area contributed by atoms with E-state index in [1.54, 1.807) is 0 Å². The highest BCUT2D eigenvalue weighted by Gasteiger charge is 2.16. The molecule has 1 N–H and O–H groups in total. The molecule has 1 atom stereocenters. The Kier molecular flexibility index (Phi) is 23.8. The van der Waals surface area contributed by atoms with Crippen LogP contribution in [-0.4, -0.2) is 78.5 Å². The summed E-state index contributed by atoms with van der Waals surface area (Å²) in [5.74, 6) is -1.44. The number of quaternary nitrogens is 2. The van der Waals surface area contributed by atoms with E-state index in [4.69, 9.17) is 5.11 Å². The molecule has 0 aliphatic rings. The lowest BCUT2D eigenvalue weighted by atomic mass is 10.3. The summed E-state index contributed by atoms with van der Waals surface area (Å²) < 4.78 is 2.56. The second-order valence-corrected chi connectivity index (χ2v) is 6.21. The van der Waals surface area contributed by atoms with Crippen LogP contribution in [0, 0.1) is 0 Å². The first-order valence-corrected chi connectivity index (χ1v) is 9.72. The summed E-state index contributed by atoms with van der Waals surface area (Å²) >= 11 is 0. The molecule has 0 aromatic rings. The van der Waals surface area contributed by atoms with Crippen molar-refractivity contribution in [1.82, 2.24) is 0 Å². The summed E-state index contributed by atoms with van der Waals surface area (Å²) in [6.07, 6.45) is -1.34. The molecule has 0 fully saturated rings. The van der Waals surface area contributed by atoms with Crippen LogP contribution in [0.4, 0.5) is 0 Å². The van der Waals surface area contributed by atoms with Crippen LogP contribution < -0.4 is 17.5 Å². The van der Waals surface area contributed by atoms with Gasteiger partial charge in [-0.3, -0.25) is 0 Å². The van der Waals surface area contributed by atoms with E-state index >= 15 is 0 Å². The molecule has 0 aromatic carbocycles. The van der Waals surface area contributed by atoms with Crippen molar-refractivity contribution >= 4 is 5.97 Å². The van der Waals surface area contributed by atoms with E-state index in [0.717, 1.165) is 6.92 Å². The third-order valence-electron chi connectivity index (χ3n) is 5.71.